The lowest BCUT2D eigenvalue weighted by molar-refractivity contribution is -0.117. The number of carbonyl (C=O) groups is 1. The van der Waals surface area contributed by atoms with Gasteiger partial charge in [-0.1, -0.05) is 0 Å². The number of nitriles is 1. The Morgan fingerprint density at radius 3 is 3.07 bits per heavy atom. The van der Waals surface area contributed by atoms with Gasteiger partial charge in [-0.2, -0.15) is 5.26 Å². The molecule has 5 rings (SSSR count). The molecule has 2 aliphatic rings. The summed E-state index contributed by atoms with van der Waals surface area (Å²) in [5.74, 6) is 0.819. The van der Waals surface area contributed by atoms with Gasteiger partial charge >= 0.3 is 0 Å². The monoisotopic (exact) mass is 373 g/mol. The SMILES string of the molecule is N#C/C(=C\c1ccco1)c1nc(-c2cc3c4c(c2)CC(=O)N4CCC3)cs1. The van der Waals surface area contributed by atoms with Crippen LogP contribution >= 0.6 is 11.3 Å². The van der Waals surface area contributed by atoms with Crippen molar-refractivity contribution in [1.29, 1.82) is 5.26 Å². The number of hydrogen-bond donors (Lipinski definition) is 0. The predicted octanol–water partition coefficient (Wildman–Crippen LogP) is 4.30. The predicted molar refractivity (Wildman–Crippen MR) is 104 cm³/mol. The Morgan fingerprint density at radius 2 is 2.26 bits per heavy atom. The van der Waals surface area contributed by atoms with Crippen molar-refractivity contribution in [2.45, 2.75) is 19.3 Å². The van der Waals surface area contributed by atoms with E-state index in [2.05, 4.69) is 23.2 Å². The number of aromatic nitrogens is 1. The number of nitrogens with zero attached hydrogens (tertiary/aromatic N) is 3. The van der Waals surface area contributed by atoms with E-state index in [9.17, 15) is 10.1 Å². The van der Waals surface area contributed by atoms with E-state index in [0.29, 0.717) is 22.8 Å². The van der Waals surface area contributed by atoms with Crippen molar-refractivity contribution in [2.75, 3.05) is 11.4 Å². The highest BCUT2D eigenvalue weighted by molar-refractivity contribution is 7.11. The zero-order chi connectivity index (χ0) is 18.4. The van der Waals surface area contributed by atoms with Crippen molar-refractivity contribution in [2.24, 2.45) is 0 Å². The first kappa shape index (κ1) is 16.0. The minimum absolute atomic E-state index is 0.190. The van der Waals surface area contributed by atoms with E-state index in [0.717, 1.165) is 41.9 Å². The van der Waals surface area contributed by atoms with Gasteiger partial charge in [0.1, 0.15) is 16.8 Å². The Labute approximate surface area is 160 Å². The van der Waals surface area contributed by atoms with Gasteiger partial charge in [-0.15, -0.1) is 11.3 Å². The third-order valence-corrected chi connectivity index (χ3v) is 5.86. The molecule has 0 unspecified atom stereocenters. The number of benzene rings is 1. The minimum Gasteiger partial charge on any atom is -0.465 e. The van der Waals surface area contributed by atoms with Crippen molar-refractivity contribution < 1.29 is 9.21 Å². The van der Waals surface area contributed by atoms with Crippen LogP contribution in [0, 0.1) is 11.3 Å². The second kappa shape index (κ2) is 6.22. The summed E-state index contributed by atoms with van der Waals surface area (Å²) in [4.78, 5) is 18.8. The van der Waals surface area contributed by atoms with Crippen molar-refractivity contribution in [3.05, 3.63) is 57.8 Å². The molecule has 0 fully saturated rings. The molecule has 0 atom stereocenters. The molecular weight excluding hydrogens is 358 g/mol. The second-order valence-corrected chi connectivity index (χ2v) is 7.55. The molecule has 0 aliphatic carbocycles. The lowest BCUT2D eigenvalue weighted by atomic mass is 9.96. The summed E-state index contributed by atoms with van der Waals surface area (Å²) in [6.45, 7) is 0.822. The van der Waals surface area contributed by atoms with Crippen LogP contribution in [0.5, 0.6) is 0 Å². The molecular formula is C21H15N3O2S. The third-order valence-electron chi connectivity index (χ3n) is 4.99. The first-order chi connectivity index (χ1) is 13.2. The normalized spacial score (nSPS) is 15.7. The highest BCUT2D eigenvalue weighted by Gasteiger charge is 2.32. The van der Waals surface area contributed by atoms with Crippen LogP contribution < -0.4 is 4.90 Å². The van der Waals surface area contributed by atoms with Gasteiger partial charge in [-0.25, -0.2) is 4.98 Å². The van der Waals surface area contributed by atoms with Crippen LogP contribution in [0.1, 0.15) is 28.3 Å². The standard InChI is InChI=1S/C21H15N3O2S/c22-11-16(9-17-4-2-6-26-17)21-23-18(12-27-21)14-7-13-3-1-5-24-19(25)10-15(8-14)20(13)24/h2,4,6-9,12H,1,3,5,10H2/b16-9+. The van der Waals surface area contributed by atoms with E-state index in [1.807, 2.05) is 10.3 Å². The smallest absolute Gasteiger partial charge is 0.231 e. The van der Waals surface area contributed by atoms with Crippen molar-refractivity contribution in [3.63, 3.8) is 0 Å². The van der Waals surface area contributed by atoms with Gasteiger partial charge in [0, 0.05) is 23.6 Å². The van der Waals surface area contributed by atoms with Gasteiger partial charge in [0.15, 0.2) is 0 Å². The molecule has 0 N–H and O–H groups in total. The molecule has 1 amide bonds. The largest absolute Gasteiger partial charge is 0.465 e. The maximum atomic E-state index is 12.2. The van der Waals surface area contributed by atoms with E-state index in [-0.39, 0.29) is 5.91 Å². The molecule has 2 aliphatic heterocycles. The number of amides is 1. The first-order valence-corrected chi connectivity index (χ1v) is 9.68. The summed E-state index contributed by atoms with van der Waals surface area (Å²) in [6.07, 6.45) is 5.72. The maximum Gasteiger partial charge on any atom is 0.231 e. The number of anilines is 1. The molecule has 0 spiro atoms. The van der Waals surface area contributed by atoms with E-state index in [1.165, 1.54) is 16.9 Å². The fourth-order valence-electron chi connectivity index (χ4n) is 3.81. The number of furan rings is 1. The van der Waals surface area contributed by atoms with Gasteiger partial charge < -0.3 is 9.32 Å². The molecule has 0 bridgehead atoms. The Hall–Kier alpha value is -3.17. The topological polar surface area (TPSA) is 70.1 Å². The summed E-state index contributed by atoms with van der Waals surface area (Å²) in [7, 11) is 0. The van der Waals surface area contributed by atoms with Crippen LogP contribution in [-0.4, -0.2) is 17.4 Å². The molecule has 27 heavy (non-hydrogen) atoms. The van der Waals surface area contributed by atoms with Crippen LogP contribution in [0.4, 0.5) is 5.69 Å². The van der Waals surface area contributed by atoms with E-state index in [4.69, 9.17) is 4.42 Å². The van der Waals surface area contributed by atoms with Crippen molar-refractivity contribution in [1.82, 2.24) is 4.98 Å². The number of hydrogen-bond acceptors (Lipinski definition) is 5. The number of allylic oxidation sites excluding steroid dienone is 1. The Balaban J connectivity index is 1.54. The summed E-state index contributed by atoms with van der Waals surface area (Å²) in [5.41, 5.74) is 5.75. The van der Waals surface area contributed by atoms with Crippen LogP contribution in [0.25, 0.3) is 22.9 Å². The van der Waals surface area contributed by atoms with Crippen molar-refractivity contribution in [3.8, 4) is 17.3 Å². The zero-order valence-electron chi connectivity index (χ0n) is 14.4. The first-order valence-electron chi connectivity index (χ1n) is 8.80. The molecule has 4 heterocycles. The molecule has 1 aromatic carbocycles. The fraction of sp³-hybridized carbons (Fsp3) is 0.190. The summed E-state index contributed by atoms with van der Waals surface area (Å²) in [6, 6.07) is 10.0. The average molecular weight is 373 g/mol. The quantitative estimate of drug-likeness (QED) is 0.642. The number of thiazole rings is 1. The van der Waals surface area contributed by atoms with Crippen LogP contribution in [0.3, 0.4) is 0 Å². The molecule has 3 aromatic rings. The molecule has 5 nitrogen and oxygen atoms in total. The fourth-order valence-corrected chi connectivity index (χ4v) is 4.61. The Morgan fingerprint density at radius 1 is 1.37 bits per heavy atom. The molecule has 0 saturated carbocycles. The summed E-state index contributed by atoms with van der Waals surface area (Å²) in [5, 5.41) is 12.1. The van der Waals surface area contributed by atoms with E-state index in [1.54, 1.807) is 24.5 Å². The second-order valence-electron chi connectivity index (χ2n) is 6.69. The number of carbonyl (C=O) groups excluding carboxylic acids is 1. The van der Waals surface area contributed by atoms with E-state index >= 15 is 0 Å². The zero-order valence-corrected chi connectivity index (χ0v) is 15.3. The van der Waals surface area contributed by atoms with Gasteiger partial charge in [-0.05, 0) is 48.2 Å². The average Bonchev–Trinajstić information content (AvgIpc) is 3.42. The van der Waals surface area contributed by atoms with Gasteiger partial charge in [-0.3, -0.25) is 4.79 Å². The lowest BCUT2D eigenvalue weighted by Crippen LogP contribution is -2.31. The van der Waals surface area contributed by atoms with Crippen LogP contribution in [0.2, 0.25) is 0 Å². The number of aryl methyl sites for hydroxylation is 1. The molecule has 132 valence electrons. The Bertz CT molecular complexity index is 1120. The molecule has 6 heteroatoms. The third kappa shape index (κ3) is 2.68. The molecule has 0 radical (unpaired) electrons. The van der Waals surface area contributed by atoms with Gasteiger partial charge in [0.25, 0.3) is 0 Å². The van der Waals surface area contributed by atoms with Crippen LogP contribution in [0.15, 0.2) is 40.3 Å². The van der Waals surface area contributed by atoms with Crippen molar-refractivity contribution >= 4 is 34.6 Å². The maximum absolute atomic E-state index is 12.2. The minimum atomic E-state index is 0.190. The van der Waals surface area contributed by atoms with Gasteiger partial charge in [0.2, 0.25) is 5.91 Å². The lowest BCUT2D eigenvalue weighted by Gasteiger charge is -2.25. The number of rotatable bonds is 3. The van der Waals surface area contributed by atoms with E-state index < -0.39 is 0 Å². The summed E-state index contributed by atoms with van der Waals surface area (Å²) < 4.78 is 5.30. The highest BCUT2D eigenvalue weighted by Crippen LogP contribution is 2.40. The van der Waals surface area contributed by atoms with Gasteiger partial charge in [0.05, 0.1) is 29.6 Å². The van der Waals surface area contributed by atoms with Crippen LogP contribution in [-0.2, 0) is 17.6 Å². The summed E-state index contributed by atoms with van der Waals surface area (Å²) >= 11 is 1.44. The molecule has 2 aromatic heterocycles. The molecule has 0 saturated heterocycles. The highest BCUT2D eigenvalue weighted by atomic mass is 32.1. The Kier molecular flexibility index (Phi) is 3.69.